The third kappa shape index (κ3) is 2.68. The first kappa shape index (κ1) is 12.4. The van der Waals surface area contributed by atoms with E-state index in [2.05, 4.69) is 31.6 Å². The summed E-state index contributed by atoms with van der Waals surface area (Å²) in [6.45, 7) is 11.4. The Balaban J connectivity index is 3.30. The third-order valence-electron chi connectivity index (χ3n) is 2.50. The van der Waals surface area contributed by atoms with Gasteiger partial charge in [-0.15, -0.1) is 0 Å². The van der Waals surface area contributed by atoms with Gasteiger partial charge >= 0.3 is 0 Å². The lowest BCUT2D eigenvalue weighted by Gasteiger charge is -2.09. The number of rotatable bonds is 4. The molecule has 0 spiro atoms. The molecule has 0 amide bonds. The van der Waals surface area contributed by atoms with Gasteiger partial charge in [0.05, 0.1) is 0 Å². The van der Waals surface area contributed by atoms with Gasteiger partial charge in [-0.1, -0.05) is 62.0 Å². The minimum Gasteiger partial charge on any atom is -0.0987 e. The molecule has 0 aliphatic heterocycles. The zero-order valence-corrected chi connectivity index (χ0v) is 10.1. The smallest absolute Gasteiger partial charge is 0.0388 e. The molecule has 1 aliphatic rings. The average molecular weight is 226 g/mol. The van der Waals surface area contributed by atoms with E-state index < -0.39 is 0 Å². The second-order valence-corrected chi connectivity index (χ2v) is 3.59. The van der Waals surface area contributed by atoms with Crippen LogP contribution >= 0.6 is 12.2 Å². The van der Waals surface area contributed by atoms with E-state index in [1.807, 2.05) is 12.2 Å². The lowest BCUT2D eigenvalue weighted by Crippen LogP contribution is -1.95. The molecule has 0 unspecified atom stereocenters. The molecule has 0 N–H and O–H groups in total. The zero-order valence-electron chi connectivity index (χ0n) is 9.25. The van der Waals surface area contributed by atoms with Crippen molar-refractivity contribution in [3.05, 3.63) is 60.3 Å². The molecule has 80 valence electrons. The fourth-order valence-corrected chi connectivity index (χ4v) is 1.76. The molecule has 0 aromatic rings. The van der Waals surface area contributed by atoms with Gasteiger partial charge < -0.3 is 0 Å². The Hall–Kier alpha value is -1.65. The van der Waals surface area contributed by atoms with Crippen molar-refractivity contribution in [2.45, 2.75) is 12.8 Å². The van der Waals surface area contributed by atoms with Crippen LogP contribution in [0.5, 0.6) is 0 Å². The maximum atomic E-state index is 4.96. The second kappa shape index (κ2) is 6.05. The highest BCUT2D eigenvalue weighted by atomic mass is 32.1. The minimum atomic E-state index is 0.882. The van der Waals surface area contributed by atoms with Gasteiger partial charge in [0.2, 0.25) is 0 Å². The van der Waals surface area contributed by atoms with Gasteiger partial charge in [-0.05, 0) is 24.0 Å². The van der Waals surface area contributed by atoms with Crippen LogP contribution in [-0.2, 0) is 0 Å². The summed E-state index contributed by atoms with van der Waals surface area (Å²) in [7, 11) is 0. The zero-order chi connectivity index (χ0) is 12.0. The fourth-order valence-electron chi connectivity index (χ4n) is 1.55. The SMILES string of the molecule is C=C/C1=C(\C=S)C#C/C(C=C)=C(/C=C)CC1. The standard InChI is InChI=1S/C15H14S/c1-4-12-7-8-14(6-3)15(11-16)10-9-13(12)5-2/h4-6,11H,1-3,7-8H2/b13-12-,15-14+. The Morgan fingerprint density at radius 3 is 1.81 bits per heavy atom. The summed E-state index contributed by atoms with van der Waals surface area (Å²) in [6, 6.07) is 0. The van der Waals surface area contributed by atoms with Crippen molar-refractivity contribution in [2.75, 3.05) is 0 Å². The van der Waals surface area contributed by atoms with Crippen molar-refractivity contribution < 1.29 is 0 Å². The minimum absolute atomic E-state index is 0.882. The largest absolute Gasteiger partial charge is 0.0987 e. The van der Waals surface area contributed by atoms with Crippen LogP contribution in [0.2, 0.25) is 0 Å². The molecule has 1 aliphatic carbocycles. The Morgan fingerprint density at radius 2 is 1.38 bits per heavy atom. The average Bonchev–Trinajstić information content (AvgIpc) is 2.30. The van der Waals surface area contributed by atoms with Crippen molar-refractivity contribution in [2.24, 2.45) is 0 Å². The molecule has 0 radical (unpaired) electrons. The van der Waals surface area contributed by atoms with E-state index in [9.17, 15) is 0 Å². The number of hydrogen-bond acceptors (Lipinski definition) is 1. The van der Waals surface area contributed by atoms with Crippen molar-refractivity contribution in [1.29, 1.82) is 0 Å². The monoisotopic (exact) mass is 226 g/mol. The normalized spacial score (nSPS) is 24.5. The predicted molar refractivity (Wildman–Crippen MR) is 75.3 cm³/mol. The van der Waals surface area contributed by atoms with Gasteiger partial charge in [-0.25, -0.2) is 0 Å². The summed E-state index contributed by atoms with van der Waals surface area (Å²) < 4.78 is 0. The number of hydrogen-bond donors (Lipinski definition) is 0. The van der Waals surface area contributed by atoms with Gasteiger partial charge in [-0.2, -0.15) is 0 Å². The van der Waals surface area contributed by atoms with Crippen molar-refractivity contribution in [1.82, 2.24) is 0 Å². The fraction of sp³-hybridized carbons (Fsp3) is 0.133. The van der Waals surface area contributed by atoms with Gasteiger partial charge in [0.15, 0.2) is 0 Å². The van der Waals surface area contributed by atoms with Crippen molar-refractivity contribution >= 4 is 17.6 Å². The van der Waals surface area contributed by atoms with Crippen LogP contribution < -0.4 is 0 Å². The molecule has 1 rings (SSSR count). The lowest BCUT2D eigenvalue weighted by atomic mass is 9.95. The topological polar surface area (TPSA) is 0 Å². The summed E-state index contributed by atoms with van der Waals surface area (Å²) in [5.41, 5.74) is 4.05. The predicted octanol–water partition coefficient (Wildman–Crippen LogP) is 3.93. The molecular formula is C15H14S. The molecule has 0 aromatic heterocycles. The summed E-state index contributed by atoms with van der Waals surface area (Å²) in [4.78, 5) is 0. The second-order valence-electron chi connectivity index (χ2n) is 3.36. The summed E-state index contributed by atoms with van der Waals surface area (Å²) >= 11 is 4.96. The van der Waals surface area contributed by atoms with Crippen LogP contribution in [-0.4, -0.2) is 5.37 Å². The van der Waals surface area contributed by atoms with Gasteiger partial charge in [0.1, 0.15) is 0 Å². The van der Waals surface area contributed by atoms with Crippen LogP contribution in [0.15, 0.2) is 60.3 Å². The molecule has 0 fully saturated rings. The molecule has 0 saturated heterocycles. The first-order valence-electron chi connectivity index (χ1n) is 5.07. The van der Waals surface area contributed by atoms with E-state index in [-0.39, 0.29) is 0 Å². The summed E-state index contributed by atoms with van der Waals surface area (Å²) in [6.07, 6.45) is 7.22. The molecule has 0 aromatic carbocycles. The van der Waals surface area contributed by atoms with E-state index in [1.165, 1.54) is 0 Å². The highest BCUT2D eigenvalue weighted by Crippen LogP contribution is 2.21. The number of thiocarbonyl (C=S) groups is 1. The molecule has 0 saturated carbocycles. The number of allylic oxidation sites excluding steroid dienone is 7. The van der Waals surface area contributed by atoms with Crippen LogP contribution in [0.1, 0.15) is 12.8 Å². The van der Waals surface area contributed by atoms with Crippen LogP contribution in [0.3, 0.4) is 0 Å². The van der Waals surface area contributed by atoms with E-state index in [1.54, 1.807) is 11.4 Å². The molecule has 0 heterocycles. The van der Waals surface area contributed by atoms with Gasteiger partial charge in [0.25, 0.3) is 0 Å². The van der Waals surface area contributed by atoms with Gasteiger partial charge in [-0.3, -0.25) is 0 Å². The molecule has 0 nitrogen and oxygen atoms in total. The Bertz CT molecular complexity index is 419. The van der Waals surface area contributed by atoms with Crippen LogP contribution in [0.25, 0.3) is 0 Å². The highest BCUT2D eigenvalue weighted by molar-refractivity contribution is 7.79. The maximum Gasteiger partial charge on any atom is 0.0388 e. The van der Waals surface area contributed by atoms with Crippen molar-refractivity contribution in [3.63, 3.8) is 0 Å². The molecule has 1 heteroatoms. The molecule has 0 atom stereocenters. The van der Waals surface area contributed by atoms with E-state index in [0.717, 1.165) is 35.1 Å². The molecule has 0 bridgehead atoms. The summed E-state index contributed by atoms with van der Waals surface area (Å²) in [5.74, 6) is 6.13. The third-order valence-corrected chi connectivity index (χ3v) is 2.74. The lowest BCUT2D eigenvalue weighted by molar-refractivity contribution is 0.962. The first-order chi connectivity index (χ1) is 7.76. The summed E-state index contributed by atoms with van der Waals surface area (Å²) in [5, 5.41) is 1.61. The Morgan fingerprint density at radius 1 is 0.875 bits per heavy atom. The quantitative estimate of drug-likeness (QED) is 0.517. The van der Waals surface area contributed by atoms with E-state index in [4.69, 9.17) is 12.2 Å². The highest BCUT2D eigenvalue weighted by Gasteiger charge is 2.06. The first-order valence-corrected chi connectivity index (χ1v) is 5.54. The Labute approximate surface area is 103 Å². The van der Waals surface area contributed by atoms with E-state index in [0.29, 0.717) is 0 Å². The molecule has 16 heavy (non-hydrogen) atoms. The van der Waals surface area contributed by atoms with Crippen molar-refractivity contribution in [3.8, 4) is 11.8 Å². The van der Waals surface area contributed by atoms with Crippen LogP contribution in [0, 0.1) is 11.8 Å². The van der Waals surface area contributed by atoms with E-state index >= 15 is 0 Å². The maximum absolute atomic E-state index is 4.96. The van der Waals surface area contributed by atoms with Gasteiger partial charge in [0, 0.05) is 16.5 Å². The van der Waals surface area contributed by atoms with Crippen LogP contribution in [0.4, 0.5) is 0 Å². The molecular weight excluding hydrogens is 212 g/mol. The Kier molecular flexibility index (Phi) is 4.69.